The van der Waals surface area contributed by atoms with Crippen molar-refractivity contribution in [1.29, 1.82) is 0 Å². The van der Waals surface area contributed by atoms with Gasteiger partial charge in [-0.05, 0) is 35.6 Å². The predicted molar refractivity (Wildman–Crippen MR) is 49.1 cm³/mol. The number of rotatable bonds is 2. The standard InChI is InChI=1S/C9H14N4/c10-12-11-5-9-1-7-3-13(6-9)4-8(7)2-9/h7-8H,1-6H2. The minimum Gasteiger partial charge on any atom is -0.302 e. The van der Waals surface area contributed by atoms with E-state index in [1.807, 2.05) is 0 Å². The lowest BCUT2D eigenvalue weighted by Crippen LogP contribution is -2.43. The monoisotopic (exact) mass is 178 g/mol. The van der Waals surface area contributed by atoms with E-state index in [-0.39, 0.29) is 0 Å². The van der Waals surface area contributed by atoms with Crippen molar-refractivity contribution < 1.29 is 0 Å². The van der Waals surface area contributed by atoms with Crippen molar-refractivity contribution in [2.45, 2.75) is 12.8 Å². The molecule has 3 saturated heterocycles. The van der Waals surface area contributed by atoms with Crippen LogP contribution < -0.4 is 0 Å². The Morgan fingerprint density at radius 2 is 2.08 bits per heavy atom. The molecule has 2 atom stereocenters. The van der Waals surface area contributed by atoms with Crippen LogP contribution in [0.4, 0.5) is 0 Å². The van der Waals surface area contributed by atoms with Crippen molar-refractivity contribution in [2.24, 2.45) is 22.4 Å². The Kier molecular flexibility index (Phi) is 1.41. The third-order valence-electron chi connectivity index (χ3n) is 4.07. The van der Waals surface area contributed by atoms with E-state index in [4.69, 9.17) is 5.53 Å². The molecule has 0 spiro atoms. The van der Waals surface area contributed by atoms with E-state index >= 15 is 0 Å². The fraction of sp³-hybridized carbons (Fsp3) is 1.00. The quantitative estimate of drug-likeness (QED) is 0.360. The molecule has 3 aliphatic heterocycles. The zero-order chi connectivity index (χ0) is 8.89. The summed E-state index contributed by atoms with van der Waals surface area (Å²) >= 11 is 0. The summed E-state index contributed by atoms with van der Waals surface area (Å²) in [5, 5.41) is 3.77. The first kappa shape index (κ1) is 7.65. The van der Waals surface area contributed by atoms with Crippen LogP contribution >= 0.6 is 0 Å². The second-order valence-corrected chi connectivity index (χ2v) is 5.01. The number of hydrogen-bond donors (Lipinski definition) is 0. The summed E-state index contributed by atoms with van der Waals surface area (Å²) in [7, 11) is 0. The first-order chi connectivity index (χ1) is 6.31. The number of piperidine rings is 2. The summed E-state index contributed by atoms with van der Waals surface area (Å²) < 4.78 is 0. The fourth-order valence-corrected chi connectivity index (χ4v) is 3.79. The van der Waals surface area contributed by atoms with Crippen LogP contribution in [0.3, 0.4) is 0 Å². The highest BCUT2D eigenvalue weighted by atomic mass is 15.2. The van der Waals surface area contributed by atoms with Gasteiger partial charge in [0.2, 0.25) is 0 Å². The van der Waals surface area contributed by atoms with E-state index in [2.05, 4.69) is 14.9 Å². The highest BCUT2D eigenvalue weighted by Crippen LogP contribution is 2.54. The zero-order valence-electron chi connectivity index (χ0n) is 7.69. The summed E-state index contributed by atoms with van der Waals surface area (Å²) in [5.41, 5.74) is 8.72. The lowest BCUT2D eigenvalue weighted by Gasteiger charge is -2.39. The molecule has 4 rings (SSSR count). The minimum atomic E-state index is 0.373. The van der Waals surface area contributed by atoms with Crippen molar-refractivity contribution in [1.82, 2.24) is 4.90 Å². The molecule has 2 unspecified atom stereocenters. The van der Waals surface area contributed by atoms with Crippen LogP contribution in [0.2, 0.25) is 0 Å². The Morgan fingerprint density at radius 1 is 1.38 bits per heavy atom. The van der Waals surface area contributed by atoms with Gasteiger partial charge in [-0.1, -0.05) is 5.11 Å². The van der Waals surface area contributed by atoms with Crippen molar-refractivity contribution in [2.75, 3.05) is 26.2 Å². The first-order valence-corrected chi connectivity index (χ1v) is 5.05. The lowest BCUT2D eigenvalue weighted by molar-refractivity contribution is 0.108. The normalized spacial score (nSPS) is 50.9. The van der Waals surface area contributed by atoms with Crippen molar-refractivity contribution >= 4 is 0 Å². The molecular formula is C9H14N4. The maximum absolute atomic E-state index is 8.34. The van der Waals surface area contributed by atoms with E-state index in [1.165, 1.54) is 32.5 Å². The molecule has 70 valence electrons. The van der Waals surface area contributed by atoms with Crippen molar-refractivity contribution in [3.63, 3.8) is 0 Å². The molecule has 1 saturated carbocycles. The Balaban J connectivity index is 1.83. The molecule has 0 amide bonds. The topological polar surface area (TPSA) is 52.0 Å². The second-order valence-electron chi connectivity index (χ2n) is 5.01. The Labute approximate surface area is 77.5 Å². The predicted octanol–water partition coefficient (Wildman–Crippen LogP) is 1.64. The van der Waals surface area contributed by atoms with Gasteiger partial charge in [-0.25, -0.2) is 0 Å². The zero-order valence-corrected chi connectivity index (χ0v) is 7.69. The fourth-order valence-electron chi connectivity index (χ4n) is 3.79. The minimum absolute atomic E-state index is 0.373. The molecule has 0 aromatic rings. The molecule has 0 N–H and O–H groups in total. The van der Waals surface area contributed by atoms with Crippen LogP contribution in [0.5, 0.6) is 0 Å². The van der Waals surface area contributed by atoms with Gasteiger partial charge in [0, 0.05) is 31.1 Å². The van der Waals surface area contributed by atoms with Crippen molar-refractivity contribution in [3.8, 4) is 0 Å². The van der Waals surface area contributed by atoms with Crippen LogP contribution in [-0.4, -0.2) is 31.1 Å². The molecule has 3 heterocycles. The summed E-state index contributed by atoms with van der Waals surface area (Å²) in [5.74, 6) is 1.84. The summed E-state index contributed by atoms with van der Waals surface area (Å²) in [6.07, 6.45) is 2.63. The van der Waals surface area contributed by atoms with Gasteiger partial charge in [0.15, 0.2) is 0 Å². The smallest absolute Gasteiger partial charge is 0.0326 e. The van der Waals surface area contributed by atoms with E-state index in [1.54, 1.807) is 0 Å². The maximum Gasteiger partial charge on any atom is 0.0326 e. The van der Waals surface area contributed by atoms with Crippen LogP contribution in [0.1, 0.15) is 12.8 Å². The van der Waals surface area contributed by atoms with Gasteiger partial charge in [-0.2, -0.15) is 0 Å². The van der Waals surface area contributed by atoms with Crippen LogP contribution in [0, 0.1) is 17.3 Å². The average Bonchev–Trinajstić information content (AvgIpc) is 2.51. The number of hydrogen-bond acceptors (Lipinski definition) is 2. The van der Waals surface area contributed by atoms with E-state index in [9.17, 15) is 0 Å². The lowest BCUT2D eigenvalue weighted by atomic mass is 9.81. The summed E-state index contributed by atoms with van der Waals surface area (Å²) in [6.45, 7) is 4.53. The highest BCUT2D eigenvalue weighted by Gasteiger charge is 2.54. The van der Waals surface area contributed by atoms with Gasteiger partial charge in [0.1, 0.15) is 0 Å². The van der Waals surface area contributed by atoms with Gasteiger partial charge in [-0.3, -0.25) is 0 Å². The third-order valence-corrected chi connectivity index (χ3v) is 4.07. The molecule has 4 heteroatoms. The first-order valence-electron chi connectivity index (χ1n) is 5.05. The van der Waals surface area contributed by atoms with Crippen LogP contribution in [0.15, 0.2) is 5.11 Å². The summed E-state index contributed by atoms with van der Waals surface area (Å²) in [4.78, 5) is 5.44. The Hall–Kier alpha value is -0.730. The van der Waals surface area contributed by atoms with Crippen LogP contribution in [0.25, 0.3) is 10.4 Å². The molecule has 4 aliphatic rings. The van der Waals surface area contributed by atoms with E-state index in [0.717, 1.165) is 18.4 Å². The maximum atomic E-state index is 8.34. The molecule has 4 nitrogen and oxygen atoms in total. The molecule has 0 aromatic heterocycles. The Morgan fingerprint density at radius 3 is 2.62 bits per heavy atom. The van der Waals surface area contributed by atoms with Gasteiger partial charge >= 0.3 is 0 Å². The molecular weight excluding hydrogens is 164 g/mol. The van der Waals surface area contributed by atoms with Gasteiger partial charge in [-0.15, -0.1) is 0 Å². The van der Waals surface area contributed by atoms with Crippen molar-refractivity contribution in [3.05, 3.63) is 10.4 Å². The molecule has 13 heavy (non-hydrogen) atoms. The molecule has 1 aliphatic carbocycles. The SMILES string of the molecule is [N-]=[N+]=NCC12CC3CN(CC3C1)C2. The van der Waals surface area contributed by atoms with Gasteiger partial charge in [0.05, 0.1) is 0 Å². The largest absolute Gasteiger partial charge is 0.302 e. The van der Waals surface area contributed by atoms with Gasteiger partial charge in [0.25, 0.3) is 0 Å². The Bertz CT molecular complexity index is 262. The van der Waals surface area contributed by atoms with E-state index in [0.29, 0.717) is 5.41 Å². The number of nitrogens with zero attached hydrogens (tertiary/aromatic N) is 4. The third kappa shape index (κ3) is 0.990. The average molecular weight is 178 g/mol. The van der Waals surface area contributed by atoms with Gasteiger partial charge < -0.3 is 4.90 Å². The molecule has 0 aromatic carbocycles. The highest BCUT2D eigenvalue weighted by molar-refractivity contribution is 5.07. The number of azide groups is 1. The van der Waals surface area contributed by atoms with Crippen LogP contribution in [-0.2, 0) is 0 Å². The van der Waals surface area contributed by atoms with E-state index < -0.39 is 0 Å². The molecule has 4 fully saturated rings. The molecule has 0 radical (unpaired) electrons. The molecule has 4 bridgehead atoms. The summed E-state index contributed by atoms with van der Waals surface area (Å²) in [6, 6.07) is 0. The second kappa shape index (κ2) is 2.40.